The third-order valence-electron chi connectivity index (χ3n) is 4.30. The summed E-state index contributed by atoms with van der Waals surface area (Å²) < 4.78 is 11.5. The highest BCUT2D eigenvalue weighted by molar-refractivity contribution is 6.32. The summed E-state index contributed by atoms with van der Waals surface area (Å²) in [7, 11) is 0. The van der Waals surface area contributed by atoms with Gasteiger partial charge in [-0.3, -0.25) is 9.88 Å². The molecule has 0 bridgehead atoms. The van der Waals surface area contributed by atoms with Gasteiger partial charge >= 0.3 is 0 Å². The van der Waals surface area contributed by atoms with E-state index in [1.807, 2.05) is 12.1 Å². The van der Waals surface area contributed by atoms with E-state index in [0.717, 1.165) is 38.2 Å². The minimum absolute atomic E-state index is 0.111. The highest BCUT2D eigenvalue weighted by atomic mass is 35.5. The Hall–Kier alpha value is -1.95. The van der Waals surface area contributed by atoms with Crippen molar-refractivity contribution in [3.63, 3.8) is 0 Å². The molecule has 0 amide bonds. The number of halogens is 1. The monoisotopic (exact) mass is 373 g/mol. The zero-order valence-electron chi connectivity index (χ0n) is 15.0. The number of hydrogen-bond donors (Lipinski definition) is 0. The molecule has 6 heteroatoms. The molecule has 2 aromatic rings. The SMILES string of the molecule is C=C(CCC)[C@@H]1CN(Cc2cnc(Oc3ccccc3Cl)cn2)CCO1. The van der Waals surface area contributed by atoms with Crippen molar-refractivity contribution >= 4 is 11.6 Å². The number of para-hydroxylation sites is 1. The normalized spacial score (nSPS) is 17.8. The molecular formula is C20H24ClN3O2. The summed E-state index contributed by atoms with van der Waals surface area (Å²) in [6, 6.07) is 7.30. The van der Waals surface area contributed by atoms with Crippen LogP contribution in [0.25, 0.3) is 0 Å². The van der Waals surface area contributed by atoms with Gasteiger partial charge in [0.2, 0.25) is 5.88 Å². The molecule has 0 spiro atoms. The fourth-order valence-electron chi connectivity index (χ4n) is 2.92. The molecule has 5 nitrogen and oxygen atoms in total. The second-order valence-corrected chi connectivity index (χ2v) is 6.79. The van der Waals surface area contributed by atoms with Crippen molar-refractivity contribution in [2.75, 3.05) is 19.7 Å². The smallest absolute Gasteiger partial charge is 0.237 e. The molecule has 2 heterocycles. The fraction of sp³-hybridized carbons (Fsp3) is 0.400. The maximum atomic E-state index is 6.10. The predicted molar refractivity (Wildman–Crippen MR) is 103 cm³/mol. The summed E-state index contributed by atoms with van der Waals surface area (Å²) in [5.41, 5.74) is 2.07. The number of benzene rings is 1. The number of aromatic nitrogens is 2. The largest absolute Gasteiger partial charge is 0.436 e. The predicted octanol–water partition coefficient (Wildman–Crippen LogP) is 4.48. The van der Waals surface area contributed by atoms with Crippen LogP contribution in [0, 0.1) is 0 Å². The van der Waals surface area contributed by atoms with Crippen LogP contribution in [0.5, 0.6) is 11.6 Å². The van der Waals surface area contributed by atoms with E-state index in [1.165, 1.54) is 5.57 Å². The minimum atomic E-state index is 0.111. The first-order valence-corrected chi connectivity index (χ1v) is 9.28. The van der Waals surface area contributed by atoms with Crippen molar-refractivity contribution in [1.82, 2.24) is 14.9 Å². The van der Waals surface area contributed by atoms with Gasteiger partial charge < -0.3 is 9.47 Å². The Balaban J connectivity index is 1.57. The lowest BCUT2D eigenvalue weighted by Crippen LogP contribution is -2.42. The van der Waals surface area contributed by atoms with Crippen LogP contribution in [0.3, 0.4) is 0 Å². The summed E-state index contributed by atoms with van der Waals surface area (Å²) in [5, 5.41) is 0.546. The number of ether oxygens (including phenoxy) is 2. The second-order valence-electron chi connectivity index (χ2n) is 6.38. The Kier molecular flexibility index (Phi) is 6.61. The van der Waals surface area contributed by atoms with E-state index in [9.17, 15) is 0 Å². The number of nitrogens with zero attached hydrogens (tertiary/aromatic N) is 3. The van der Waals surface area contributed by atoms with Gasteiger partial charge in [0.05, 0.1) is 35.8 Å². The van der Waals surface area contributed by atoms with Crippen LogP contribution >= 0.6 is 11.6 Å². The lowest BCUT2D eigenvalue weighted by Gasteiger charge is -2.33. The molecule has 1 aromatic heterocycles. The molecule has 26 heavy (non-hydrogen) atoms. The Labute approximate surface area is 159 Å². The van der Waals surface area contributed by atoms with Gasteiger partial charge in [-0.1, -0.05) is 43.7 Å². The van der Waals surface area contributed by atoms with E-state index < -0.39 is 0 Å². The van der Waals surface area contributed by atoms with Crippen molar-refractivity contribution in [2.24, 2.45) is 0 Å². The van der Waals surface area contributed by atoms with E-state index in [-0.39, 0.29) is 6.10 Å². The van der Waals surface area contributed by atoms with Gasteiger partial charge in [-0.2, -0.15) is 0 Å². The quantitative estimate of drug-likeness (QED) is 0.669. The van der Waals surface area contributed by atoms with Crippen LogP contribution in [0.4, 0.5) is 0 Å². The molecule has 1 atom stereocenters. The van der Waals surface area contributed by atoms with E-state index >= 15 is 0 Å². The Morgan fingerprint density at radius 3 is 2.92 bits per heavy atom. The molecule has 1 fully saturated rings. The molecule has 1 saturated heterocycles. The van der Waals surface area contributed by atoms with Gasteiger partial charge in [-0.05, 0) is 24.1 Å². The van der Waals surface area contributed by atoms with E-state index in [2.05, 4.69) is 28.4 Å². The van der Waals surface area contributed by atoms with Crippen LogP contribution < -0.4 is 4.74 Å². The minimum Gasteiger partial charge on any atom is -0.436 e. The molecule has 1 aliphatic heterocycles. The maximum absolute atomic E-state index is 6.10. The average molecular weight is 374 g/mol. The summed E-state index contributed by atoms with van der Waals surface area (Å²) in [4.78, 5) is 11.1. The fourth-order valence-corrected chi connectivity index (χ4v) is 3.10. The van der Waals surface area contributed by atoms with Gasteiger partial charge in [-0.15, -0.1) is 0 Å². The first-order chi connectivity index (χ1) is 12.7. The third kappa shape index (κ3) is 5.04. The molecule has 3 rings (SSSR count). The lowest BCUT2D eigenvalue weighted by molar-refractivity contribution is -0.0139. The van der Waals surface area contributed by atoms with Crippen molar-refractivity contribution in [3.8, 4) is 11.6 Å². The van der Waals surface area contributed by atoms with Gasteiger partial charge in [-0.25, -0.2) is 4.98 Å². The zero-order valence-corrected chi connectivity index (χ0v) is 15.8. The third-order valence-corrected chi connectivity index (χ3v) is 4.61. The number of hydrogen-bond acceptors (Lipinski definition) is 5. The standard InChI is InChI=1S/C20H24ClN3O2/c1-3-6-15(2)19-14-24(9-10-25-19)13-16-11-23-20(12-22-16)26-18-8-5-4-7-17(18)21/h4-5,7-8,11-12,19H,2-3,6,9-10,13-14H2,1H3/t19-/m0/s1. The van der Waals surface area contributed by atoms with Crippen LogP contribution in [0.1, 0.15) is 25.5 Å². The zero-order chi connectivity index (χ0) is 18.4. The molecule has 1 aliphatic rings. The molecule has 0 unspecified atom stereocenters. The second kappa shape index (κ2) is 9.12. The molecule has 138 valence electrons. The maximum Gasteiger partial charge on any atom is 0.237 e. The van der Waals surface area contributed by atoms with Crippen LogP contribution in [-0.4, -0.2) is 40.7 Å². The molecule has 0 N–H and O–H groups in total. The highest BCUT2D eigenvalue weighted by Gasteiger charge is 2.22. The summed E-state index contributed by atoms with van der Waals surface area (Å²) in [6.45, 7) is 9.50. The lowest BCUT2D eigenvalue weighted by atomic mass is 10.1. The molecule has 0 radical (unpaired) electrons. The van der Waals surface area contributed by atoms with Crippen molar-refractivity contribution in [3.05, 3.63) is 59.5 Å². The van der Waals surface area contributed by atoms with Crippen molar-refractivity contribution < 1.29 is 9.47 Å². The summed E-state index contributed by atoms with van der Waals surface area (Å²) in [5.74, 6) is 1.000. The number of morpholine rings is 1. The van der Waals surface area contributed by atoms with E-state index in [4.69, 9.17) is 21.1 Å². The van der Waals surface area contributed by atoms with Crippen LogP contribution in [-0.2, 0) is 11.3 Å². The number of rotatable bonds is 7. The topological polar surface area (TPSA) is 47.5 Å². The van der Waals surface area contributed by atoms with Crippen molar-refractivity contribution in [2.45, 2.75) is 32.4 Å². The molecular weight excluding hydrogens is 350 g/mol. The molecule has 0 saturated carbocycles. The van der Waals surface area contributed by atoms with Gasteiger partial charge in [0.1, 0.15) is 5.75 Å². The summed E-state index contributed by atoms with van der Waals surface area (Å²) >= 11 is 6.10. The van der Waals surface area contributed by atoms with E-state index in [0.29, 0.717) is 23.3 Å². The first-order valence-electron chi connectivity index (χ1n) is 8.90. The Bertz CT molecular complexity index is 736. The first kappa shape index (κ1) is 18.8. The highest BCUT2D eigenvalue weighted by Crippen LogP contribution is 2.27. The molecule has 0 aliphatic carbocycles. The van der Waals surface area contributed by atoms with Gasteiger partial charge in [0.25, 0.3) is 0 Å². The Morgan fingerprint density at radius 1 is 1.35 bits per heavy atom. The van der Waals surface area contributed by atoms with Gasteiger partial charge in [0, 0.05) is 19.6 Å². The van der Waals surface area contributed by atoms with Crippen LogP contribution in [0.15, 0.2) is 48.8 Å². The van der Waals surface area contributed by atoms with E-state index in [1.54, 1.807) is 24.5 Å². The molecule has 1 aromatic carbocycles. The Morgan fingerprint density at radius 2 is 2.19 bits per heavy atom. The van der Waals surface area contributed by atoms with Crippen molar-refractivity contribution in [1.29, 1.82) is 0 Å². The average Bonchev–Trinajstić information content (AvgIpc) is 2.66. The summed E-state index contributed by atoms with van der Waals surface area (Å²) in [6.07, 6.45) is 5.59. The van der Waals surface area contributed by atoms with Gasteiger partial charge in [0.15, 0.2) is 0 Å². The van der Waals surface area contributed by atoms with Crippen LogP contribution in [0.2, 0.25) is 5.02 Å².